The molecule has 4 rings (SSSR count). The normalized spacial score (nSPS) is 21.0. The van der Waals surface area contributed by atoms with Gasteiger partial charge in [-0.2, -0.15) is 26.3 Å². The van der Waals surface area contributed by atoms with E-state index in [2.05, 4.69) is 6.92 Å². The molecule has 3 aromatic rings. The summed E-state index contributed by atoms with van der Waals surface area (Å²) in [5.74, 6) is 0. The third-order valence-electron chi connectivity index (χ3n) is 7.27. The number of hydrogen-bond acceptors (Lipinski definition) is 2. The van der Waals surface area contributed by atoms with Gasteiger partial charge in [-0.15, -0.1) is 0 Å². The van der Waals surface area contributed by atoms with Crippen LogP contribution in [0, 0.1) is 0 Å². The van der Waals surface area contributed by atoms with Crippen LogP contribution in [-0.4, -0.2) is 23.4 Å². The minimum Gasteiger partial charge on any atom is -0.318 e. The third kappa shape index (κ3) is 6.31. The number of unbranched alkanes of at least 4 members (excludes halogenated alkanes) is 1. The highest BCUT2D eigenvalue weighted by Gasteiger charge is 2.52. The summed E-state index contributed by atoms with van der Waals surface area (Å²) in [6, 6.07) is 17.8. The molecule has 40 heavy (non-hydrogen) atoms. The van der Waals surface area contributed by atoms with E-state index in [1.807, 2.05) is 30.3 Å². The molecule has 1 saturated heterocycles. The van der Waals surface area contributed by atoms with Crippen LogP contribution in [0.4, 0.5) is 26.3 Å². The van der Waals surface area contributed by atoms with Crippen molar-refractivity contribution in [2.75, 3.05) is 14.1 Å². The number of halogens is 6. The summed E-state index contributed by atoms with van der Waals surface area (Å²) in [4.78, 5) is 0. The Hall–Kier alpha value is -2.23. The first kappa shape index (κ1) is 30.7. The van der Waals surface area contributed by atoms with Gasteiger partial charge < -0.3 is 4.52 Å². The van der Waals surface area contributed by atoms with E-state index in [1.165, 1.54) is 12.1 Å². The van der Waals surface area contributed by atoms with Gasteiger partial charge in [0.25, 0.3) is 0 Å². The maximum atomic E-state index is 13.7. The van der Waals surface area contributed by atoms with Crippen molar-refractivity contribution in [2.45, 2.75) is 56.7 Å². The van der Waals surface area contributed by atoms with E-state index in [9.17, 15) is 26.3 Å². The van der Waals surface area contributed by atoms with E-state index in [0.29, 0.717) is 17.5 Å². The molecule has 1 aliphatic heterocycles. The van der Waals surface area contributed by atoms with Gasteiger partial charge in [-0.1, -0.05) is 74.4 Å². The fourth-order valence-corrected chi connectivity index (χ4v) is 8.56. The maximum Gasteiger partial charge on any atom is 0.416 e. The molecule has 0 aliphatic carbocycles. The molecular weight excluding hydrogens is 569 g/mol. The lowest BCUT2D eigenvalue weighted by molar-refractivity contribution is -0.138. The average molecular weight is 601 g/mol. The molecule has 3 atom stereocenters. The molecule has 0 N–H and O–H groups in total. The number of alkyl halides is 6. The van der Waals surface area contributed by atoms with Gasteiger partial charge in [-0.05, 0) is 73.3 Å². The number of hydrogen-bond donors (Lipinski definition) is 0. The van der Waals surface area contributed by atoms with Crippen molar-refractivity contribution in [3.63, 3.8) is 0 Å². The van der Waals surface area contributed by atoms with Gasteiger partial charge in [0.15, 0.2) is 0 Å². The van der Waals surface area contributed by atoms with Gasteiger partial charge in [0.2, 0.25) is 6.57 Å². The fraction of sp³-hybridized carbons (Fsp3) is 0.379. The lowest BCUT2D eigenvalue weighted by atomic mass is 9.91. The standard InChI is InChI=1S/C29H31F6N2OPS/c1-4-5-17-25(20-11-7-6-8-12-20)38-39(40)36(2)26(21-13-9-15-23(18-21)28(30,31)32)27(37(39)3)22-14-10-16-24(19-22)29(33,34)35/h6-16,18-19,25-27H,4-5,17H2,1-3H3/t25-,26+,27+/m1/s1. The number of nitrogens with zero attached hydrogens (tertiary/aromatic N) is 2. The Morgan fingerprint density at radius 1 is 0.775 bits per heavy atom. The van der Waals surface area contributed by atoms with Crippen LogP contribution >= 0.6 is 6.57 Å². The highest BCUT2D eigenvalue weighted by Crippen LogP contribution is 2.70. The Morgan fingerprint density at radius 2 is 1.25 bits per heavy atom. The van der Waals surface area contributed by atoms with E-state index >= 15 is 0 Å². The monoisotopic (exact) mass is 600 g/mol. The van der Waals surface area contributed by atoms with Crippen molar-refractivity contribution in [3.05, 3.63) is 107 Å². The summed E-state index contributed by atoms with van der Waals surface area (Å²) in [6.07, 6.45) is -7.11. The van der Waals surface area contributed by atoms with Crippen LogP contribution in [0.15, 0.2) is 78.9 Å². The molecule has 0 amide bonds. The zero-order chi connectivity index (χ0) is 29.3. The molecule has 0 bridgehead atoms. The Bertz CT molecular complexity index is 1280. The molecule has 1 aliphatic rings. The summed E-state index contributed by atoms with van der Waals surface area (Å²) >= 11 is 6.20. The minimum atomic E-state index is -4.58. The van der Waals surface area contributed by atoms with Gasteiger partial charge in [-0.3, -0.25) is 0 Å². The van der Waals surface area contributed by atoms with Crippen molar-refractivity contribution in [3.8, 4) is 0 Å². The first-order chi connectivity index (χ1) is 18.8. The van der Waals surface area contributed by atoms with E-state index < -0.39 is 42.1 Å². The van der Waals surface area contributed by atoms with Crippen molar-refractivity contribution >= 4 is 18.4 Å². The van der Waals surface area contributed by atoms with Crippen LogP contribution in [0.5, 0.6) is 0 Å². The quantitative estimate of drug-likeness (QED) is 0.189. The van der Waals surface area contributed by atoms with E-state index in [1.54, 1.807) is 35.6 Å². The highest BCUT2D eigenvalue weighted by molar-refractivity contribution is 8.10. The zero-order valence-corrected chi connectivity index (χ0v) is 24.0. The molecule has 216 valence electrons. The second kappa shape index (κ2) is 11.9. The molecule has 0 aromatic heterocycles. The molecule has 1 heterocycles. The van der Waals surface area contributed by atoms with Crippen molar-refractivity contribution in [2.24, 2.45) is 0 Å². The van der Waals surface area contributed by atoms with E-state index in [4.69, 9.17) is 16.3 Å². The molecule has 0 saturated carbocycles. The van der Waals surface area contributed by atoms with Crippen molar-refractivity contribution < 1.29 is 30.9 Å². The summed E-state index contributed by atoms with van der Waals surface area (Å²) in [5.41, 5.74) is -0.163. The van der Waals surface area contributed by atoms with Crippen LogP contribution in [0.1, 0.15) is 72.2 Å². The number of benzene rings is 3. The molecule has 3 nitrogen and oxygen atoms in total. The Kier molecular flexibility index (Phi) is 9.17. The lowest BCUT2D eigenvalue weighted by Crippen LogP contribution is -2.22. The zero-order valence-electron chi connectivity index (χ0n) is 22.3. The first-order valence-electron chi connectivity index (χ1n) is 12.9. The molecule has 0 unspecified atom stereocenters. The molecule has 3 aromatic carbocycles. The van der Waals surface area contributed by atoms with E-state index in [0.717, 1.165) is 42.7 Å². The summed E-state index contributed by atoms with van der Waals surface area (Å²) in [7, 11) is 3.38. The van der Waals surface area contributed by atoms with E-state index in [-0.39, 0.29) is 6.10 Å². The Balaban J connectivity index is 1.84. The topological polar surface area (TPSA) is 15.7 Å². The fourth-order valence-electron chi connectivity index (χ4n) is 5.19. The smallest absolute Gasteiger partial charge is 0.318 e. The minimum absolute atomic E-state index is 0.298. The molecule has 1 fully saturated rings. The molecule has 0 spiro atoms. The van der Waals surface area contributed by atoms with Crippen LogP contribution in [-0.2, 0) is 28.7 Å². The predicted octanol–water partition coefficient (Wildman–Crippen LogP) is 9.56. The molecule has 11 heteroatoms. The Labute approximate surface area is 235 Å². The van der Waals surface area contributed by atoms with Gasteiger partial charge in [0, 0.05) is 0 Å². The average Bonchev–Trinajstić information content (AvgIpc) is 3.11. The second-order valence-electron chi connectivity index (χ2n) is 9.92. The van der Waals surface area contributed by atoms with Gasteiger partial charge in [0.05, 0.1) is 29.3 Å². The van der Waals surface area contributed by atoms with Gasteiger partial charge >= 0.3 is 12.4 Å². The largest absolute Gasteiger partial charge is 0.416 e. The lowest BCUT2D eigenvalue weighted by Gasteiger charge is -2.34. The molecule has 0 radical (unpaired) electrons. The summed E-state index contributed by atoms with van der Waals surface area (Å²) in [5, 5.41) is 0. The van der Waals surface area contributed by atoms with Gasteiger partial charge in [-0.25, -0.2) is 9.34 Å². The van der Waals surface area contributed by atoms with Crippen LogP contribution in [0.25, 0.3) is 0 Å². The second-order valence-corrected chi connectivity index (χ2v) is 13.8. The molecular formula is C29H31F6N2OPS. The van der Waals surface area contributed by atoms with Crippen LogP contribution in [0.2, 0.25) is 0 Å². The summed E-state index contributed by atoms with van der Waals surface area (Å²) in [6.45, 7) is -1.07. The predicted molar refractivity (Wildman–Crippen MR) is 148 cm³/mol. The Morgan fingerprint density at radius 3 is 1.68 bits per heavy atom. The number of likely N-dealkylation sites (N-methyl/N-ethyl adjacent to an activating group) is 2. The SMILES string of the molecule is CCCC[C@@H](OP1(=S)N(C)[C@@H](c2cccc(C(F)(F)F)c2)[C@H](c2cccc(C(F)(F)F)c2)N1C)c1ccccc1. The maximum absolute atomic E-state index is 13.7. The van der Waals surface area contributed by atoms with Crippen molar-refractivity contribution in [1.29, 1.82) is 0 Å². The highest BCUT2D eigenvalue weighted by atomic mass is 32.5. The first-order valence-corrected chi connectivity index (χ1v) is 15.5. The third-order valence-corrected chi connectivity index (χ3v) is 11.7. The van der Waals surface area contributed by atoms with Crippen molar-refractivity contribution in [1.82, 2.24) is 9.34 Å². The van der Waals surface area contributed by atoms with Crippen LogP contribution < -0.4 is 0 Å². The van der Waals surface area contributed by atoms with Crippen LogP contribution in [0.3, 0.4) is 0 Å². The summed E-state index contributed by atoms with van der Waals surface area (Å²) < 4.78 is 92.3. The van der Waals surface area contributed by atoms with Gasteiger partial charge in [0.1, 0.15) is 0 Å². The number of rotatable bonds is 8.